The quantitative estimate of drug-likeness (QED) is 0.456. The van der Waals surface area contributed by atoms with Crippen molar-refractivity contribution in [2.75, 3.05) is 0 Å². The van der Waals surface area contributed by atoms with Crippen molar-refractivity contribution in [1.29, 1.82) is 0 Å². The van der Waals surface area contributed by atoms with E-state index in [0.29, 0.717) is 10.4 Å². The van der Waals surface area contributed by atoms with E-state index >= 15 is 0 Å². The summed E-state index contributed by atoms with van der Waals surface area (Å²) in [4.78, 5) is 12.6. The van der Waals surface area contributed by atoms with Crippen LogP contribution < -0.4 is 5.69 Å². The average molecular weight is 114 g/mol. The van der Waals surface area contributed by atoms with Gasteiger partial charge in [-0.1, -0.05) is 0 Å². The highest BCUT2D eigenvalue weighted by atomic mass is 16.5. The van der Waals surface area contributed by atoms with Crippen LogP contribution >= 0.6 is 0 Å². The van der Waals surface area contributed by atoms with Gasteiger partial charge in [0, 0.05) is 6.20 Å². The predicted molar refractivity (Wildman–Crippen MR) is 27.0 cm³/mol. The topological polar surface area (TPSA) is 58.0 Å². The molecule has 1 aromatic rings. The van der Waals surface area contributed by atoms with Crippen molar-refractivity contribution >= 4 is 0 Å². The molecule has 1 heterocycles. The van der Waals surface area contributed by atoms with E-state index in [1.165, 1.54) is 6.20 Å². The van der Waals surface area contributed by atoms with E-state index in [9.17, 15) is 4.79 Å². The average Bonchev–Trinajstić information content (AvgIpc) is 1.98. The highest BCUT2D eigenvalue weighted by Crippen LogP contribution is 1.83. The lowest BCUT2D eigenvalue weighted by Gasteiger charge is -1.85. The molecule has 1 aromatic heterocycles. The number of hydrogen-bond donors (Lipinski definition) is 2. The summed E-state index contributed by atoms with van der Waals surface area (Å²) < 4.78 is 0.556. The van der Waals surface area contributed by atoms with Gasteiger partial charge in [-0.15, -0.1) is 4.73 Å². The van der Waals surface area contributed by atoms with E-state index in [2.05, 4.69) is 4.98 Å². The van der Waals surface area contributed by atoms with Gasteiger partial charge in [0.15, 0.2) is 0 Å². The van der Waals surface area contributed by atoms with Gasteiger partial charge in [-0.2, -0.15) is 0 Å². The van der Waals surface area contributed by atoms with Gasteiger partial charge in [0.05, 0.1) is 5.69 Å². The van der Waals surface area contributed by atoms with E-state index in [1.54, 1.807) is 6.92 Å². The third-order valence-corrected chi connectivity index (χ3v) is 0.931. The smallest absolute Gasteiger partial charge is 0.358 e. The predicted octanol–water partition coefficient (Wildman–Crippen LogP) is -0.278. The van der Waals surface area contributed by atoms with Gasteiger partial charge < -0.3 is 10.2 Å². The molecule has 4 heteroatoms. The van der Waals surface area contributed by atoms with Crippen LogP contribution in [0.2, 0.25) is 0 Å². The van der Waals surface area contributed by atoms with E-state index in [0.717, 1.165) is 0 Å². The Morgan fingerprint density at radius 1 is 1.88 bits per heavy atom. The zero-order chi connectivity index (χ0) is 6.15. The van der Waals surface area contributed by atoms with Gasteiger partial charge in [-0.05, 0) is 6.92 Å². The second kappa shape index (κ2) is 1.40. The first-order chi connectivity index (χ1) is 3.72. The molecule has 0 atom stereocenters. The summed E-state index contributed by atoms with van der Waals surface area (Å²) >= 11 is 0. The Morgan fingerprint density at radius 2 is 2.50 bits per heavy atom. The number of aromatic nitrogens is 2. The van der Waals surface area contributed by atoms with Crippen LogP contribution in [0, 0.1) is 6.92 Å². The maximum absolute atomic E-state index is 10.3. The minimum Gasteiger partial charge on any atom is -0.424 e. The molecule has 0 fully saturated rings. The number of aryl methyl sites for hydroxylation is 1. The molecule has 0 spiro atoms. The molecule has 0 radical (unpaired) electrons. The fraction of sp³-hybridized carbons (Fsp3) is 0.250. The van der Waals surface area contributed by atoms with Gasteiger partial charge >= 0.3 is 5.69 Å². The molecule has 0 aliphatic carbocycles. The lowest BCUT2D eigenvalue weighted by atomic mass is 10.6. The molecule has 44 valence electrons. The number of nitrogens with one attached hydrogen (secondary N) is 1. The van der Waals surface area contributed by atoms with Crippen molar-refractivity contribution in [3.8, 4) is 0 Å². The Morgan fingerprint density at radius 3 is 2.62 bits per heavy atom. The molecule has 0 amide bonds. The van der Waals surface area contributed by atoms with Gasteiger partial charge in [-0.25, -0.2) is 4.79 Å². The fourth-order valence-corrected chi connectivity index (χ4v) is 0.449. The van der Waals surface area contributed by atoms with Crippen LogP contribution in [0.4, 0.5) is 0 Å². The fourth-order valence-electron chi connectivity index (χ4n) is 0.449. The molecule has 2 N–H and O–H groups in total. The molecule has 0 aromatic carbocycles. The summed E-state index contributed by atoms with van der Waals surface area (Å²) in [6.45, 7) is 1.62. The second-order valence-electron chi connectivity index (χ2n) is 1.55. The van der Waals surface area contributed by atoms with Crippen molar-refractivity contribution in [3.05, 3.63) is 22.4 Å². The Hall–Kier alpha value is -1.19. The van der Waals surface area contributed by atoms with Crippen molar-refractivity contribution < 1.29 is 5.21 Å². The van der Waals surface area contributed by atoms with Crippen molar-refractivity contribution in [1.82, 2.24) is 9.71 Å². The Bertz CT molecular complexity index is 234. The first-order valence-corrected chi connectivity index (χ1v) is 2.18. The molecule has 1 rings (SSSR count). The second-order valence-corrected chi connectivity index (χ2v) is 1.55. The van der Waals surface area contributed by atoms with Crippen molar-refractivity contribution in [2.24, 2.45) is 0 Å². The zero-order valence-electron chi connectivity index (χ0n) is 4.38. The van der Waals surface area contributed by atoms with E-state index < -0.39 is 5.69 Å². The highest BCUT2D eigenvalue weighted by molar-refractivity contribution is 4.90. The summed E-state index contributed by atoms with van der Waals surface area (Å²) in [5.41, 5.74) is 0.0116. The largest absolute Gasteiger partial charge is 0.424 e. The molecule has 0 aliphatic heterocycles. The normalized spacial score (nSPS) is 9.62. The van der Waals surface area contributed by atoms with Crippen molar-refractivity contribution in [2.45, 2.75) is 6.92 Å². The zero-order valence-corrected chi connectivity index (χ0v) is 4.38. The van der Waals surface area contributed by atoms with Crippen LogP contribution in [0.15, 0.2) is 11.0 Å². The standard InChI is InChI=1S/C4H6N2O2/c1-3-2-5-4(7)6(3)8/h2,8H,1H3,(H,5,7). The summed E-state index contributed by atoms with van der Waals surface area (Å²) in [6, 6.07) is 0. The molecule has 0 unspecified atom stereocenters. The molecule has 8 heavy (non-hydrogen) atoms. The minimum atomic E-state index is -0.498. The Labute approximate surface area is 45.3 Å². The SMILES string of the molecule is Cc1c[nH]c(=O)n1O. The van der Waals surface area contributed by atoms with Gasteiger partial charge in [0.25, 0.3) is 0 Å². The van der Waals surface area contributed by atoms with E-state index in [4.69, 9.17) is 5.21 Å². The highest BCUT2D eigenvalue weighted by Gasteiger charge is 1.94. The van der Waals surface area contributed by atoms with Crippen LogP contribution in [0.3, 0.4) is 0 Å². The van der Waals surface area contributed by atoms with E-state index in [1.807, 2.05) is 0 Å². The summed E-state index contributed by atoms with van der Waals surface area (Å²) in [7, 11) is 0. The number of hydrogen-bond acceptors (Lipinski definition) is 2. The number of imidazole rings is 1. The molecule has 4 nitrogen and oxygen atoms in total. The third-order valence-electron chi connectivity index (χ3n) is 0.931. The van der Waals surface area contributed by atoms with Crippen LogP contribution in [0.25, 0.3) is 0 Å². The number of rotatable bonds is 0. The van der Waals surface area contributed by atoms with Crippen LogP contribution in [0.5, 0.6) is 0 Å². The first kappa shape index (κ1) is 4.96. The van der Waals surface area contributed by atoms with Crippen molar-refractivity contribution in [3.63, 3.8) is 0 Å². The molecule has 0 saturated heterocycles. The van der Waals surface area contributed by atoms with Crippen LogP contribution in [0.1, 0.15) is 5.69 Å². The Kier molecular flexibility index (Phi) is 0.865. The molecular weight excluding hydrogens is 108 g/mol. The molecule has 0 saturated carbocycles. The van der Waals surface area contributed by atoms with Gasteiger partial charge in [-0.3, -0.25) is 0 Å². The van der Waals surface area contributed by atoms with E-state index in [-0.39, 0.29) is 0 Å². The van der Waals surface area contributed by atoms with Crippen LogP contribution in [-0.2, 0) is 0 Å². The van der Waals surface area contributed by atoms with Gasteiger partial charge in [0.2, 0.25) is 0 Å². The maximum Gasteiger partial charge on any atom is 0.358 e. The summed E-state index contributed by atoms with van der Waals surface area (Å²) in [5, 5.41) is 8.62. The number of nitrogens with zero attached hydrogens (tertiary/aromatic N) is 1. The lowest BCUT2D eigenvalue weighted by molar-refractivity contribution is 0.170. The number of aromatic amines is 1. The summed E-state index contributed by atoms with van der Waals surface area (Å²) in [5.74, 6) is 0. The molecular formula is C4H6N2O2. The maximum atomic E-state index is 10.3. The summed E-state index contributed by atoms with van der Waals surface area (Å²) in [6.07, 6.45) is 1.43. The molecule has 0 bridgehead atoms. The Balaban J connectivity index is 3.41. The van der Waals surface area contributed by atoms with Gasteiger partial charge in [0.1, 0.15) is 0 Å². The lowest BCUT2D eigenvalue weighted by Crippen LogP contribution is -2.14. The minimum absolute atomic E-state index is 0.498. The molecule has 0 aliphatic rings. The third kappa shape index (κ3) is 0.501. The monoisotopic (exact) mass is 114 g/mol. The first-order valence-electron chi connectivity index (χ1n) is 2.18. The van der Waals surface area contributed by atoms with Crippen LogP contribution in [-0.4, -0.2) is 14.9 Å². The number of H-pyrrole nitrogens is 1.